The molecule has 1 N–H and O–H groups in total. The van der Waals surface area contributed by atoms with Gasteiger partial charge in [0, 0.05) is 0 Å². The maximum atomic E-state index is 12.7. The van der Waals surface area contributed by atoms with Crippen LogP contribution in [0.1, 0.15) is 18.6 Å². The van der Waals surface area contributed by atoms with Gasteiger partial charge in [-0.05, 0) is 31.2 Å². The minimum Gasteiger partial charge on any atom is -0.486 e. The Morgan fingerprint density at radius 1 is 1.35 bits per heavy atom. The van der Waals surface area contributed by atoms with Crippen molar-refractivity contribution in [2.24, 2.45) is 0 Å². The third kappa shape index (κ3) is 4.04. The Hall–Kier alpha value is -2.44. The van der Waals surface area contributed by atoms with E-state index in [2.05, 4.69) is 15.2 Å². The first-order chi connectivity index (χ1) is 9.67. The van der Waals surface area contributed by atoms with Crippen molar-refractivity contribution in [2.75, 3.05) is 6.61 Å². The third-order valence-corrected chi connectivity index (χ3v) is 2.37. The highest BCUT2D eigenvalue weighted by molar-refractivity contribution is 5.71. The van der Waals surface area contributed by atoms with Crippen molar-refractivity contribution in [3.05, 3.63) is 41.7 Å². The number of carbonyl (C=O) groups excluding carboxylic acids is 1. The first-order valence-corrected chi connectivity index (χ1v) is 6.11. The molecular weight excluding hydrogens is 265 g/mol. The highest BCUT2D eigenvalue weighted by Crippen LogP contribution is 2.12. The summed E-state index contributed by atoms with van der Waals surface area (Å²) in [5.41, 5.74) is 0. The average molecular weight is 279 g/mol. The van der Waals surface area contributed by atoms with Crippen LogP contribution in [-0.2, 0) is 22.6 Å². The van der Waals surface area contributed by atoms with E-state index in [0.717, 1.165) is 0 Å². The number of esters is 1. The molecule has 0 bridgehead atoms. The predicted octanol–water partition coefficient (Wildman–Crippen LogP) is 1.63. The van der Waals surface area contributed by atoms with Gasteiger partial charge in [0.25, 0.3) is 0 Å². The second-order valence-electron chi connectivity index (χ2n) is 3.92. The summed E-state index contributed by atoms with van der Waals surface area (Å²) >= 11 is 0. The molecule has 1 heterocycles. The molecule has 0 aliphatic carbocycles. The number of nitrogens with zero attached hydrogens (tertiary/aromatic N) is 2. The number of aromatic nitrogens is 3. The molecule has 0 unspecified atom stereocenters. The Balaban J connectivity index is 1.86. The van der Waals surface area contributed by atoms with Gasteiger partial charge in [-0.2, -0.15) is 5.10 Å². The Morgan fingerprint density at radius 3 is 2.80 bits per heavy atom. The van der Waals surface area contributed by atoms with E-state index < -0.39 is 0 Å². The van der Waals surface area contributed by atoms with Crippen molar-refractivity contribution in [1.29, 1.82) is 0 Å². The molecular formula is C13H14FN3O3. The molecule has 0 aliphatic heterocycles. The van der Waals surface area contributed by atoms with Gasteiger partial charge in [-0.25, -0.2) is 9.37 Å². The number of aromatic amines is 1. The zero-order valence-electron chi connectivity index (χ0n) is 10.9. The predicted molar refractivity (Wildman–Crippen MR) is 67.5 cm³/mol. The Kier molecular flexibility index (Phi) is 4.65. The summed E-state index contributed by atoms with van der Waals surface area (Å²) in [7, 11) is 0. The minimum atomic E-state index is -0.377. The number of ether oxygens (including phenoxy) is 2. The zero-order chi connectivity index (χ0) is 14.4. The topological polar surface area (TPSA) is 77.1 Å². The summed E-state index contributed by atoms with van der Waals surface area (Å²) in [5.74, 6) is 0.649. The van der Waals surface area contributed by atoms with Gasteiger partial charge in [0.05, 0.1) is 6.61 Å². The van der Waals surface area contributed by atoms with Gasteiger partial charge < -0.3 is 9.47 Å². The van der Waals surface area contributed by atoms with Crippen molar-refractivity contribution in [1.82, 2.24) is 15.2 Å². The quantitative estimate of drug-likeness (QED) is 0.813. The molecule has 0 radical (unpaired) electrons. The van der Waals surface area contributed by atoms with E-state index in [1.54, 1.807) is 6.92 Å². The van der Waals surface area contributed by atoms with E-state index in [1.165, 1.54) is 24.3 Å². The van der Waals surface area contributed by atoms with Crippen LogP contribution >= 0.6 is 0 Å². The lowest BCUT2D eigenvalue weighted by Crippen LogP contribution is -2.08. The van der Waals surface area contributed by atoms with Crippen molar-refractivity contribution < 1.29 is 18.7 Å². The van der Waals surface area contributed by atoms with Gasteiger partial charge in [0.2, 0.25) is 0 Å². The molecule has 1 aromatic heterocycles. The summed E-state index contributed by atoms with van der Waals surface area (Å²) in [6.07, 6.45) is 0.0148. The molecule has 0 saturated heterocycles. The maximum absolute atomic E-state index is 12.7. The zero-order valence-corrected chi connectivity index (χ0v) is 10.9. The SMILES string of the molecule is CCOC(=O)Cc1n[nH]c(COc2ccc(F)cc2)n1. The van der Waals surface area contributed by atoms with E-state index in [-0.39, 0.29) is 24.8 Å². The molecule has 1 aromatic carbocycles. The molecule has 0 aliphatic rings. The van der Waals surface area contributed by atoms with E-state index in [9.17, 15) is 9.18 Å². The Bertz CT molecular complexity index is 568. The van der Waals surface area contributed by atoms with E-state index in [0.29, 0.717) is 24.0 Å². The fourth-order valence-corrected chi connectivity index (χ4v) is 1.50. The number of halogens is 1. The first kappa shape index (κ1) is 14.0. The van der Waals surface area contributed by atoms with Gasteiger partial charge >= 0.3 is 5.97 Å². The number of nitrogens with one attached hydrogen (secondary N) is 1. The lowest BCUT2D eigenvalue weighted by atomic mass is 10.3. The number of rotatable bonds is 6. The van der Waals surface area contributed by atoms with Crippen LogP contribution < -0.4 is 4.74 Å². The van der Waals surface area contributed by atoms with Crippen LogP contribution in [0.25, 0.3) is 0 Å². The van der Waals surface area contributed by atoms with Crippen LogP contribution in [0, 0.1) is 5.82 Å². The molecule has 2 rings (SSSR count). The number of H-pyrrole nitrogens is 1. The summed E-state index contributed by atoms with van der Waals surface area (Å²) in [6, 6.07) is 5.65. The molecule has 0 spiro atoms. The molecule has 0 amide bonds. The lowest BCUT2D eigenvalue weighted by molar-refractivity contribution is -0.142. The van der Waals surface area contributed by atoms with Crippen LogP contribution in [-0.4, -0.2) is 27.8 Å². The summed E-state index contributed by atoms with van der Waals surface area (Å²) in [6.45, 7) is 2.21. The van der Waals surface area contributed by atoms with Gasteiger partial charge in [0.1, 0.15) is 24.6 Å². The highest BCUT2D eigenvalue weighted by Gasteiger charge is 2.09. The summed E-state index contributed by atoms with van der Waals surface area (Å²) in [4.78, 5) is 15.3. The summed E-state index contributed by atoms with van der Waals surface area (Å²) < 4.78 is 22.9. The molecule has 0 saturated carbocycles. The number of benzene rings is 1. The number of hydrogen-bond donors (Lipinski definition) is 1. The lowest BCUT2D eigenvalue weighted by Gasteiger charge is -2.02. The highest BCUT2D eigenvalue weighted by atomic mass is 19.1. The van der Waals surface area contributed by atoms with E-state index in [1.807, 2.05) is 0 Å². The van der Waals surface area contributed by atoms with Crippen LogP contribution in [0.3, 0.4) is 0 Å². The van der Waals surface area contributed by atoms with Gasteiger partial charge in [-0.3, -0.25) is 9.89 Å². The molecule has 106 valence electrons. The van der Waals surface area contributed by atoms with E-state index >= 15 is 0 Å². The molecule has 6 nitrogen and oxygen atoms in total. The Labute approximate surface area is 114 Å². The van der Waals surface area contributed by atoms with Crippen molar-refractivity contribution in [3.63, 3.8) is 0 Å². The van der Waals surface area contributed by atoms with Crippen LogP contribution in [0.5, 0.6) is 5.75 Å². The van der Waals surface area contributed by atoms with E-state index in [4.69, 9.17) is 9.47 Å². The maximum Gasteiger partial charge on any atom is 0.313 e. The molecule has 20 heavy (non-hydrogen) atoms. The van der Waals surface area contributed by atoms with Crippen molar-refractivity contribution in [3.8, 4) is 5.75 Å². The van der Waals surface area contributed by atoms with Crippen LogP contribution in [0.2, 0.25) is 0 Å². The second kappa shape index (κ2) is 6.65. The van der Waals surface area contributed by atoms with Crippen molar-refractivity contribution in [2.45, 2.75) is 20.0 Å². The number of carbonyl (C=O) groups is 1. The number of hydrogen-bond acceptors (Lipinski definition) is 5. The smallest absolute Gasteiger partial charge is 0.313 e. The Morgan fingerprint density at radius 2 is 2.10 bits per heavy atom. The van der Waals surface area contributed by atoms with Gasteiger partial charge in [-0.15, -0.1) is 0 Å². The largest absolute Gasteiger partial charge is 0.486 e. The monoisotopic (exact) mass is 279 g/mol. The summed E-state index contributed by atoms with van der Waals surface area (Å²) in [5, 5.41) is 6.55. The van der Waals surface area contributed by atoms with Crippen LogP contribution in [0.15, 0.2) is 24.3 Å². The molecule has 0 fully saturated rings. The minimum absolute atomic E-state index is 0.0148. The first-order valence-electron chi connectivity index (χ1n) is 6.11. The van der Waals surface area contributed by atoms with Gasteiger partial charge in [0.15, 0.2) is 11.6 Å². The second-order valence-corrected chi connectivity index (χ2v) is 3.92. The standard InChI is InChI=1S/C13H14FN3O3/c1-2-19-13(18)7-11-15-12(17-16-11)8-20-10-5-3-9(14)4-6-10/h3-6H,2,7-8H2,1H3,(H,15,16,17). The van der Waals surface area contributed by atoms with Crippen LogP contribution in [0.4, 0.5) is 4.39 Å². The van der Waals surface area contributed by atoms with Crippen molar-refractivity contribution >= 4 is 5.97 Å². The van der Waals surface area contributed by atoms with Gasteiger partial charge in [-0.1, -0.05) is 0 Å². The fourth-order valence-electron chi connectivity index (χ4n) is 1.50. The normalized spacial score (nSPS) is 10.3. The average Bonchev–Trinajstić information content (AvgIpc) is 2.86. The molecule has 2 aromatic rings. The molecule has 7 heteroatoms. The fraction of sp³-hybridized carbons (Fsp3) is 0.308. The molecule has 0 atom stereocenters. The third-order valence-electron chi connectivity index (χ3n) is 2.37.